The lowest BCUT2D eigenvalue weighted by Crippen LogP contribution is -2.39. The molecule has 0 radical (unpaired) electrons. The van der Waals surface area contributed by atoms with Crippen molar-refractivity contribution in [3.05, 3.63) is 52.3 Å². The Balaban J connectivity index is 1.80. The van der Waals surface area contributed by atoms with Gasteiger partial charge in [-0.2, -0.15) is 0 Å². The summed E-state index contributed by atoms with van der Waals surface area (Å²) in [6.07, 6.45) is 4.11. The summed E-state index contributed by atoms with van der Waals surface area (Å²) in [5.41, 5.74) is 2.52. The zero-order valence-electron chi connectivity index (χ0n) is 15.4. The van der Waals surface area contributed by atoms with E-state index >= 15 is 0 Å². The van der Waals surface area contributed by atoms with Crippen molar-refractivity contribution in [2.75, 3.05) is 27.7 Å². The van der Waals surface area contributed by atoms with Gasteiger partial charge in [-0.25, -0.2) is 0 Å². The highest BCUT2D eigenvalue weighted by atomic mass is 79.9. The largest absolute Gasteiger partial charge is 0.497 e. The number of benzene rings is 1. The maximum Gasteiger partial charge on any atom is 0.193 e. The first-order valence-electron chi connectivity index (χ1n) is 8.39. The minimum absolute atomic E-state index is 0.803. The van der Waals surface area contributed by atoms with Crippen LogP contribution in [0.25, 0.3) is 0 Å². The van der Waals surface area contributed by atoms with E-state index in [0.29, 0.717) is 0 Å². The van der Waals surface area contributed by atoms with Gasteiger partial charge in [-0.1, -0.05) is 12.1 Å². The Morgan fingerprint density at radius 2 is 2.16 bits per heavy atom. The lowest BCUT2D eigenvalue weighted by molar-refractivity contribution is 0.414. The zero-order valence-corrected chi connectivity index (χ0v) is 17.0. The van der Waals surface area contributed by atoms with E-state index in [2.05, 4.69) is 74.2 Å². The van der Waals surface area contributed by atoms with E-state index in [-0.39, 0.29) is 0 Å². The normalized spacial score (nSPS) is 11.5. The minimum Gasteiger partial charge on any atom is -0.497 e. The maximum atomic E-state index is 5.27. The number of halogens is 1. The third-order valence-electron chi connectivity index (χ3n) is 4.11. The van der Waals surface area contributed by atoms with Gasteiger partial charge in [0.15, 0.2) is 5.96 Å². The SMILES string of the molecule is CN=C(NCCCc1cccc(OC)c1)N(C)Cc1cc(Br)cn1C. The van der Waals surface area contributed by atoms with Gasteiger partial charge in [-0.05, 0) is 52.5 Å². The van der Waals surface area contributed by atoms with E-state index in [1.165, 1.54) is 11.3 Å². The fourth-order valence-corrected chi connectivity index (χ4v) is 3.32. The molecule has 5 nitrogen and oxygen atoms in total. The van der Waals surface area contributed by atoms with Crippen LogP contribution < -0.4 is 10.1 Å². The highest BCUT2D eigenvalue weighted by Crippen LogP contribution is 2.15. The first-order valence-corrected chi connectivity index (χ1v) is 9.18. The summed E-state index contributed by atoms with van der Waals surface area (Å²) >= 11 is 3.52. The van der Waals surface area contributed by atoms with Crippen LogP contribution in [0.4, 0.5) is 0 Å². The number of nitrogens with one attached hydrogen (secondary N) is 1. The molecule has 25 heavy (non-hydrogen) atoms. The molecule has 0 fully saturated rings. The van der Waals surface area contributed by atoms with Gasteiger partial charge in [0.25, 0.3) is 0 Å². The number of hydrogen-bond acceptors (Lipinski definition) is 2. The van der Waals surface area contributed by atoms with Crippen molar-refractivity contribution in [2.45, 2.75) is 19.4 Å². The Morgan fingerprint density at radius 1 is 1.36 bits per heavy atom. The van der Waals surface area contributed by atoms with Crippen molar-refractivity contribution in [2.24, 2.45) is 12.0 Å². The molecule has 0 unspecified atom stereocenters. The van der Waals surface area contributed by atoms with E-state index in [0.717, 1.165) is 42.1 Å². The monoisotopic (exact) mass is 406 g/mol. The highest BCUT2D eigenvalue weighted by molar-refractivity contribution is 9.10. The molecule has 0 spiro atoms. The number of nitrogens with zero attached hydrogens (tertiary/aromatic N) is 3. The number of guanidine groups is 1. The third kappa shape index (κ3) is 5.81. The molecule has 2 aromatic rings. The van der Waals surface area contributed by atoms with Crippen molar-refractivity contribution in [1.82, 2.24) is 14.8 Å². The van der Waals surface area contributed by atoms with Gasteiger partial charge in [0.2, 0.25) is 0 Å². The van der Waals surface area contributed by atoms with Gasteiger partial charge in [0, 0.05) is 44.1 Å². The van der Waals surface area contributed by atoms with Gasteiger partial charge in [-0.3, -0.25) is 4.99 Å². The third-order valence-corrected chi connectivity index (χ3v) is 4.54. The van der Waals surface area contributed by atoms with Gasteiger partial charge >= 0.3 is 0 Å². The van der Waals surface area contributed by atoms with Crippen molar-refractivity contribution in [3.8, 4) is 5.75 Å². The highest BCUT2D eigenvalue weighted by Gasteiger charge is 2.09. The van der Waals surface area contributed by atoms with E-state index in [1.54, 1.807) is 7.11 Å². The lowest BCUT2D eigenvalue weighted by Gasteiger charge is -2.22. The van der Waals surface area contributed by atoms with Crippen LogP contribution in [-0.2, 0) is 20.0 Å². The second kappa shape index (κ2) is 9.51. The van der Waals surface area contributed by atoms with Gasteiger partial charge in [0.05, 0.1) is 13.7 Å². The smallest absolute Gasteiger partial charge is 0.193 e. The van der Waals surface area contributed by atoms with Crippen molar-refractivity contribution in [3.63, 3.8) is 0 Å². The Kier molecular flexibility index (Phi) is 7.37. The average Bonchev–Trinajstić information content (AvgIpc) is 2.92. The summed E-state index contributed by atoms with van der Waals surface area (Å²) in [7, 11) is 7.63. The van der Waals surface area contributed by atoms with Crippen LogP contribution in [-0.4, -0.2) is 43.2 Å². The predicted molar refractivity (Wildman–Crippen MR) is 107 cm³/mol. The van der Waals surface area contributed by atoms with Crippen LogP contribution in [0, 0.1) is 0 Å². The Bertz CT molecular complexity index is 711. The molecule has 0 aliphatic carbocycles. The fourth-order valence-electron chi connectivity index (χ4n) is 2.75. The van der Waals surface area contributed by atoms with Crippen LogP contribution in [0.5, 0.6) is 5.75 Å². The Hall–Kier alpha value is -1.95. The average molecular weight is 407 g/mol. The number of aliphatic imine (C=N–C) groups is 1. The molecule has 136 valence electrons. The molecule has 1 N–H and O–H groups in total. The number of aromatic nitrogens is 1. The molecule has 0 bridgehead atoms. The molecule has 0 saturated heterocycles. The summed E-state index contributed by atoms with van der Waals surface area (Å²) in [4.78, 5) is 6.52. The second-order valence-corrected chi connectivity index (χ2v) is 6.96. The summed E-state index contributed by atoms with van der Waals surface area (Å²) in [5.74, 6) is 1.82. The molecule has 1 heterocycles. The van der Waals surface area contributed by atoms with Gasteiger partial charge < -0.3 is 19.5 Å². The molecule has 0 amide bonds. The number of ether oxygens (including phenoxy) is 1. The van der Waals surface area contributed by atoms with Crippen LogP contribution in [0.3, 0.4) is 0 Å². The number of hydrogen-bond donors (Lipinski definition) is 1. The van der Waals surface area contributed by atoms with E-state index in [1.807, 2.05) is 19.2 Å². The summed E-state index contributed by atoms with van der Waals surface area (Å²) in [5, 5.41) is 3.44. The zero-order chi connectivity index (χ0) is 18.2. The summed E-state index contributed by atoms with van der Waals surface area (Å²) < 4.78 is 8.49. The number of rotatable bonds is 7. The standard InChI is InChI=1S/C19H27BrN4O/c1-21-19(24(3)14-17-12-16(20)13-23(17)2)22-10-6-8-15-7-5-9-18(11-15)25-4/h5,7,9,11-13H,6,8,10,14H2,1-4H3,(H,21,22). The molecular weight excluding hydrogens is 380 g/mol. The quantitative estimate of drug-likeness (QED) is 0.435. The first-order chi connectivity index (χ1) is 12.0. The molecule has 0 saturated carbocycles. The van der Waals surface area contributed by atoms with Gasteiger partial charge in [-0.15, -0.1) is 0 Å². The van der Waals surface area contributed by atoms with Crippen LogP contribution in [0.15, 0.2) is 46.0 Å². The minimum atomic E-state index is 0.803. The Labute approximate surface area is 158 Å². The number of aryl methyl sites for hydroxylation is 2. The molecule has 0 aliphatic rings. The topological polar surface area (TPSA) is 41.8 Å². The van der Waals surface area contributed by atoms with E-state index in [4.69, 9.17) is 4.74 Å². The Morgan fingerprint density at radius 3 is 2.80 bits per heavy atom. The number of methoxy groups -OCH3 is 1. The molecule has 6 heteroatoms. The molecular formula is C19H27BrN4O. The summed E-state index contributed by atoms with van der Waals surface area (Å²) in [6, 6.07) is 10.4. The predicted octanol–water partition coefficient (Wildman–Crippen LogP) is 3.44. The van der Waals surface area contributed by atoms with Crippen LogP contribution in [0.1, 0.15) is 17.7 Å². The maximum absolute atomic E-state index is 5.27. The van der Waals surface area contributed by atoms with Crippen LogP contribution in [0.2, 0.25) is 0 Å². The lowest BCUT2D eigenvalue weighted by atomic mass is 10.1. The molecule has 1 aromatic carbocycles. The van der Waals surface area contributed by atoms with E-state index in [9.17, 15) is 0 Å². The molecule has 0 atom stereocenters. The van der Waals surface area contributed by atoms with Gasteiger partial charge in [0.1, 0.15) is 5.75 Å². The van der Waals surface area contributed by atoms with Crippen molar-refractivity contribution < 1.29 is 4.74 Å². The van der Waals surface area contributed by atoms with Crippen molar-refractivity contribution >= 4 is 21.9 Å². The molecule has 0 aliphatic heterocycles. The summed E-state index contributed by atoms with van der Waals surface area (Å²) in [6.45, 7) is 1.68. The van der Waals surface area contributed by atoms with E-state index < -0.39 is 0 Å². The van der Waals surface area contributed by atoms with Crippen LogP contribution >= 0.6 is 15.9 Å². The van der Waals surface area contributed by atoms with Crippen molar-refractivity contribution in [1.29, 1.82) is 0 Å². The molecule has 1 aromatic heterocycles. The second-order valence-electron chi connectivity index (χ2n) is 6.05. The first kappa shape index (κ1) is 19.4. The molecule has 2 rings (SSSR count). The fraction of sp³-hybridized carbons (Fsp3) is 0.421.